The highest BCUT2D eigenvalue weighted by Crippen LogP contribution is 2.39. The van der Waals surface area contributed by atoms with Crippen LogP contribution in [0.1, 0.15) is 29.2 Å². The monoisotopic (exact) mass is 508 g/mol. The molecule has 2 aliphatic heterocycles. The number of anilines is 2. The number of hydrogen-bond acceptors (Lipinski definition) is 7. The molecule has 36 heavy (non-hydrogen) atoms. The summed E-state index contributed by atoms with van der Waals surface area (Å²) in [6, 6.07) is 12.1. The summed E-state index contributed by atoms with van der Waals surface area (Å²) in [5.74, 6) is 1.05. The molecule has 0 bridgehead atoms. The Labute approximate surface area is 214 Å². The van der Waals surface area contributed by atoms with Crippen LogP contribution in [0.3, 0.4) is 0 Å². The van der Waals surface area contributed by atoms with Gasteiger partial charge in [0.15, 0.2) is 0 Å². The van der Waals surface area contributed by atoms with Gasteiger partial charge in [-0.2, -0.15) is 5.10 Å². The van der Waals surface area contributed by atoms with Gasteiger partial charge in [-0.05, 0) is 29.7 Å². The summed E-state index contributed by atoms with van der Waals surface area (Å²) < 4.78 is 6.00. The van der Waals surface area contributed by atoms with Gasteiger partial charge < -0.3 is 19.4 Å². The molecule has 9 nitrogen and oxygen atoms in total. The molecule has 1 saturated heterocycles. The second-order valence-corrected chi connectivity index (χ2v) is 9.51. The minimum Gasteiger partial charge on any atom is -0.378 e. The standard InChI is InChI=1S/C26H29ClN6O3/c1-18-6-7-23(28-14-18)31-9-11-32(12-10-31)24(34)8-13-36-17-22-20-5-3-2-4-19(20)16-33(22)21-15-29-30-26(35)25(21)27/h2-7,14-15,22H,8-13,16-17H2,1H3,(H,30,35)/t22-/m1/s1. The number of pyridine rings is 1. The van der Waals surface area contributed by atoms with E-state index in [2.05, 4.69) is 38.3 Å². The average Bonchev–Trinajstić information content (AvgIpc) is 3.27. The maximum Gasteiger partial charge on any atom is 0.285 e. The van der Waals surface area contributed by atoms with Crippen LogP contribution < -0.4 is 15.4 Å². The molecule has 1 atom stereocenters. The number of hydrogen-bond donors (Lipinski definition) is 1. The van der Waals surface area contributed by atoms with Gasteiger partial charge in [0.2, 0.25) is 5.91 Å². The second kappa shape index (κ2) is 10.7. The predicted octanol–water partition coefficient (Wildman–Crippen LogP) is 2.94. The van der Waals surface area contributed by atoms with E-state index in [0.717, 1.165) is 35.6 Å². The zero-order chi connectivity index (χ0) is 25.1. The first-order chi connectivity index (χ1) is 17.5. The highest BCUT2D eigenvalue weighted by molar-refractivity contribution is 6.33. The van der Waals surface area contributed by atoms with Crippen LogP contribution in [-0.4, -0.2) is 65.4 Å². The number of carbonyl (C=O) groups excluding carboxylic acids is 1. The minimum absolute atomic E-state index is 0.0945. The number of carbonyl (C=O) groups is 1. The van der Waals surface area contributed by atoms with Gasteiger partial charge >= 0.3 is 0 Å². The van der Waals surface area contributed by atoms with Gasteiger partial charge in [0, 0.05) is 38.9 Å². The third-order valence-corrected chi connectivity index (χ3v) is 7.17. The summed E-state index contributed by atoms with van der Waals surface area (Å²) in [5.41, 5.74) is 3.56. The van der Waals surface area contributed by atoms with Crippen molar-refractivity contribution in [2.24, 2.45) is 0 Å². The summed E-state index contributed by atoms with van der Waals surface area (Å²) in [6.45, 7) is 6.20. The SMILES string of the molecule is Cc1ccc(N2CCN(C(=O)CCOC[C@@H]3c4ccccc4CN3c3cn[nH]c(=O)c3Cl)CC2)nc1. The number of nitrogens with zero attached hydrogens (tertiary/aromatic N) is 5. The van der Waals surface area contributed by atoms with E-state index in [1.54, 1.807) is 6.20 Å². The molecular formula is C26H29ClN6O3. The van der Waals surface area contributed by atoms with Gasteiger partial charge in [-0.25, -0.2) is 10.1 Å². The molecule has 1 aromatic carbocycles. The van der Waals surface area contributed by atoms with Crippen molar-refractivity contribution in [3.8, 4) is 0 Å². The lowest BCUT2D eigenvalue weighted by Crippen LogP contribution is -2.49. The summed E-state index contributed by atoms with van der Waals surface area (Å²) in [4.78, 5) is 35.4. The Hall–Kier alpha value is -3.43. The number of amides is 1. The molecule has 2 aliphatic rings. The van der Waals surface area contributed by atoms with E-state index < -0.39 is 5.56 Å². The Balaban J connectivity index is 1.15. The lowest BCUT2D eigenvalue weighted by molar-refractivity contribution is -0.132. The zero-order valence-corrected chi connectivity index (χ0v) is 20.9. The Morgan fingerprint density at radius 1 is 1.14 bits per heavy atom. The number of fused-ring (bicyclic) bond motifs is 1. The zero-order valence-electron chi connectivity index (χ0n) is 20.2. The van der Waals surface area contributed by atoms with Gasteiger partial charge in [0.05, 0.1) is 37.6 Å². The van der Waals surface area contributed by atoms with Crippen molar-refractivity contribution >= 4 is 29.0 Å². The minimum atomic E-state index is -0.423. The lowest BCUT2D eigenvalue weighted by Gasteiger charge is -2.35. The maximum atomic E-state index is 12.8. The van der Waals surface area contributed by atoms with E-state index in [1.807, 2.05) is 41.1 Å². The van der Waals surface area contributed by atoms with Crippen LogP contribution in [0.4, 0.5) is 11.5 Å². The van der Waals surface area contributed by atoms with E-state index in [-0.39, 0.29) is 17.0 Å². The first-order valence-electron chi connectivity index (χ1n) is 12.1. The number of halogens is 1. The summed E-state index contributed by atoms with van der Waals surface area (Å²) in [5, 5.41) is 6.40. The molecule has 2 aromatic heterocycles. The molecule has 188 valence electrons. The van der Waals surface area contributed by atoms with E-state index in [4.69, 9.17) is 16.3 Å². The van der Waals surface area contributed by atoms with E-state index in [0.29, 0.717) is 45.0 Å². The smallest absolute Gasteiger partial charge is 0.285 e. The number of aryl methyl sites for hydroxylation is 1. The molecule has 0 radical (unpaired) electrons. The molecule has 0 aliphatic carbocycles. The van der Waals surface area contributed by atoms with Crippen LogP contribution in [0, 0.1) is 6.92 Å². The molecule has 0 saturated carbocycles. The van der Waals surface area contributed by atoms with Gasteiger partial charge in [-0.1, -0.05) is 41.9 Å². The van der Waals surface area contributed by atoms with Crippen molar-refractivity contribution in [1.29, 1.82) is 0 Å². The Bertz CT molecular complexity index is 1270. The largest absolute Gasteiger partial charge is 0.378 e. The predicted molar refractivity (Wildman–Crippen MR) is 138 cm³/mol. The topological polar surface area (TPSA) is 94.7 Å². The first kappa shape index (κ1) is 24.3. The molecule has 10 heteroatoms. The molecule has 0 spiro atoms. The van der Waals surface area contributed by atoms with Crippen molar-refractivity contribution in [2.75, 3.05) is 49.2 Å². The van der Waals surface area contributed by atoms with Crippen molar-refractivity contribution < 1.29 is 9.53 Å². The number of aromatic nitrogens is 3. The van der Waals surface area contributed by atoms with Crippen molar-refractivity contribution in [3.05, 3.63) is 80.9 Å². The van der Waals surface area contributed by atoms with Crippen LogP contribution in [0.25, 0.3) is 0 Å². The van der Waals surface area contributed by atoms with E-state index in [1.165, 1.54) is 0 Å². The second-order valence-electron chi connectivity index (χ2n) is 9.13. The fourth-order valence-electron chi connectivity index (χ4n) is 4.82. The van der Waals surface area contributed by atoms with E-state index in [9.17, 15) is 9.59 Å². The number of ether oxygens (including phenoxy) is 1. The number of rotatable bonds is 7. The van der Waals surface area contributed by atoms with Crippen LogP contribution in [-0.2, 0) is 16.1 Å². The maximum absolute atomic E-state index is 12.8. The van der Waals surface area contributed by atoms with Crippen LogP contribution in [0.15, 0.2) is 53.6 Å². The molecule has 1 fully saturated rings. The molecule has 5 rings (SSSR count). The third kappa shape index (κ3) is 5.08. The van der Waals surface area contributed by atoms with Crippen molar-refractivity contribution in [1.82, 2.24) is 20.1 Å². The summed E-state index contributed by atoms with van der Waals surface area (Å²) >= 11 is 6.30. The molecule has 4 heterocycles. The molecule has 1 amide bonds. The lowest BCUT2D eigenvalue weighted by atomic mass is 10.1. The van der Waals surface area contributed by atoms with Gasteiger partial charge in [0.1, 0.15) is 10.8 Å². The third-order valence-electron chi connectivity index (χ3n) is 6.81. The highest BCUT2D eigenvalue weighted by Gasteiger charge is 2.32. The number of H-pyrrole nitrogens is 1. The summed E-state index contributed by atoms with van der Waals surface area (Å²) in [6.07, 6.45) is 3.76. The first-order valence-corrected chi connectivity index (χ1v) is 12.5. The number of piperazine rings is 1. The number of benzene rings is 1. The van der Waals surface area contributed by atoms with Crippen LogP contribution in [0.5, 0.6) is 0 Å². The fourth-order valence-corrected chi connectivity index (χ4v) is 5.02. The fraction of sp³-hybridized carbons (Fsp3) is 0.385. The van der Waals surface area contributed by atoms with Crippen LogP contribution in [0.2, 0.25) is 5.02 Å². The van der Waals surface area contributed by atoms with Crippen molar-refractivity contribution in [3.63, 3.8) is 0 Å². The Morgan fingerprint density at radius 2 is 1.94 bits per heavy atom. The van der Waals surface area contributed by atoms with Gasteiger partial charge in [-0.3, -0.25) is 9.59 Å². The van der Waals surface area contributed by atoms with Crippen LogP contribution >= 0.6 is 11.6 Å². The highest BCUT2D eigenvalue weighted by atomic mass is 35.5. The molecule has 0 unspecified atom stereocenters. The average molecular weight is 509 g/mol. The quantitative estimate of drug-likeness (QED) is 0.490. The molecular weight excluding hydrogens is 480 g/mol. The van der Waals surface area contributed by atoms with E-state index >= 15 is 0 Å². The normalized spacial score (nSPS) is 17.4. The van der Waals surface area contributed by atoms with Gasteiger partial charge in [0.25, 0.3) is 5.56 Å². The summed E-state index contributed by atoms with van der Waals surface area (Å²) in [7, 11) is 0. The van der Waals surface area contributed by atoms with Crippen molar-refractivity contribution in [2.45, 2.75) is 25.9 Å². The van der Waals surface area contributed by atoms with Gasteiger partial charge in [-0.15, -0.1) is 0 Å². The Morgan fingerprint density at radius 3 is 2.72 bits per heavy atom. The number of nitrogens with one attached hydrogen (secondary N) is 1. The molecule has 3 aromatic rings. The Kier molecular flexibility index (Phi) is 7.20. The molecule has 1 N–H and O–H groups in total. The number of aromatic amines is 1.